The lowest BCUT2D eigenvalue weighted by atomic mass is 9.91. The van der Waals surface area contributed by atoms with Gasteiger partial charge in [0, 0.05) is 12.2 Å². The average Bonchev–Trinajstić information content (AvgIpc) is 3.33. The first kappa shape index (κ1) is 21.7. The van der Waals surface area contributed by atoms with E-state index in [2.05, 4.69) is 83.9 Å². The molecule has 0 bridgehead atoms. The van der Waals surface area contributed by atoms with Gasteiger partial charge in [0.2, 0.25) is 5.91 Å². The Morgan fingerprint density at radius 3 is 2.52 bits per heavy atom. The quantitative estimate of drug-likeness (QED) is 0.494. The van der Waals surface area contributed by atoms with Crippen LogP contribution in [0.4, 0.5) is 5.69 Å². The van der Waals surface area contributed by atoms with E-state index in [4.69, 9.17) is 0 Å². The molecule has 1 N–H and O–H groups in total. The largest absolute Gasteiger partial charge is 0.326 e. The molecule has 2 aliphatic rings. The second-order valence-electron chi connectivity index (χ2n) is 9.44. The fourth-order valence-electron chi connectivity index (χ4n) is 5.07. The van der Waals surface area contributed by atoms with Gasteiger partial charge in [-0.1, -0.05) is 66.2 Å². The SMILES string of the molecule is Cc1ccccc1-c1ccc(CC(=O)Nc2ccc3c(c2)CCC(CN2CCCC2)=C3)cc1. The Kier molecular flexibility index (Phi) is 6.41. The third kappa shape index (κ3) is 5.26. The molecular formula is C30H32N2O. The molecule has 0 aromatic heterocycles. The standard InChI is InChI=1S/C30H32N2O/c1-22-6-2-3-7-29(22)25-11-8-23(9-12-25)19-30(33)31-28-15-14-26-18-24(10-13-27(26)20-28)21-32-16-4-5-17-32/h2-3,6-9,11-12,14-15,18,20H,4-5,10,13,16-17,19,21H2,1H3,(H,31,33). The minimum atomic E-state index is 0.0275. The van der Waals surface area contributed by atoms with Gasteiger partial charge in [-0.15, -0.1) is 0 Å². The summed E-state index contributed by atoms with van der Waals surface area (Å²) < 4.78 is 0. The predicted molar refractivity (Wildman–Crippen MR) is 137 cm³/mol. The number of anilines is 1. The Hall–Kier alpha value is -3.17. The monoisotopic (exact) mass is 436 g/mol. The van der Waals surface area contributed by atoms with Gasteiger partial charge < -0.3 is 5.32 Å². The van der Waals surface area contributed by atoms with Crippen LogP contribution in [-0.2, 0) is 17.6 Å². The molecule has 0 radical (unpaired) electrons. The number of rotatable bonds is 6. The molecule has 33 heavy (non-hydrogen) atoms. The van der Waals surface area contributed by atoms with Crippen LogP contribution in [0.15, 0.2) is 72.3 Å². The van der Waals surface area contributed by atoms with Crippen molar-refractivity contribution in [3.05, 3.63) is 94.6 Å². The molecule has 3 nitrogen and oxygen atoms in total. The van der Waals surface area contributed by atoms with E-state index in [1.807, 2.05) is 6.07 Å². The number of aryl methyl sites for hydroxylation is 2. The van der Waals surface area contributed by atoms with Gasteiger partial charge in [-0.05, 0) is 91.2 Å². The highest BCUT2D eigenvalue weighted by atomic mass is 16.1. The first-order valence-electron chi connectivity index (χ1n) is 12.1. The normalized spacial score (nSPS) is 15.7. The molecule has 0 atom stereocenters. The molecule has 1 aliphatic carbocycles. The number of hydrogen-bond acceptors (Lipinski definition) is 2. The number of likely N-dealkylation sites (tertiary alicyclic amines) is 1. The van der Waals surface area contributed by atoms with Crippen molar-refractivity contribution in [3.63, 3.8) is 0 Å². The summed E-state index contributed by atoms with van der Waals surface area (Å²) in [5.74, 6) is 0.0275. The average molecular weight is 437 g/mol. The number of nitrogens with one attached hydrogen (secondary N) is 1. The smallest absolute Gasteiger partial charge is 0.228 e. The molecule has 1 heterocycles. The molecule has 1 aliphatic heterocycles. The molecule has 1 amide bonds. The van der Waals surface area contributed by atoms with Gasteiger partial charge in [-0.25, -0.2) is 0 Å². The topological polar surface area (TPSA) is 32.3 Å². The molecule has 3 aromatic carbocycles. The van der Waals surface area contributed by atoms with E-state index in [-0.39, 0.29) is 5.91 Å². The van der Waals surface area contributed by atoms with Crippen molar-refractivity contribution >= 4 is 17.7 Å². The molecule has 5 rings (SSSR count). The highest BCUT2D eigenvalue weighted by molar-refractivity contribution is 5.92. The summed E-state index contributed by atoms with van der Waals surface area (Å²) in [7, 11) is 0. The number of nitrogens with zero attached hydrogens (tertiary/aromatic N) is 1. The zero-order valence-corrected chi connectivity index (χ0v) is 19.4. The summed E-state index contributed by atoms with van der Waals surface area (Å²) in [6.07, 6.45) is 7.59. The molecule has 0 saturated carbocycles. The number of carbonyl (C=O) groups excluding carboxylic acids is 1. The lowest BCUT2D eigenvalue weighted by molar-refractivity contribution is -0.115. The van der Waals surface area contributed by atoms with Gasteiger partial charge in [0.25, 0.3) is 0 Å². The molecule has 1 fully saturated rings. The third-order valence-corrected chi connectivity index (χ3v) is 6.90. The number of benzene rings is 3. The van der Waals surface area contributed by atoms with E-state index in [1.54, 1.807) is 0 Å². The van der Waals surface area contributed by atoms with Gasteiger partial charge in [-0.3, -0.25) is 9.69 Å². The number of fused-ring (bicyclic) bond motifs is 1. The zero-order valence-electron chi connectivity index (χ0n) is 19.4. The molecule has 1 saturated heterocycles. The van der Waals surface area contributed by atoms with Crippen LogP contribution in [0.3, 0.4) is 0 Å². The molecule has 0 spiro atoms. The van der Waals surface area contributed by atoms with Crippen LogP contribution in [0.5, 0.6) is 0 Å². The number of hydrogen-bond donors (Lipinski definition) is 1. The molecule has 3 aromatic rings. The number of amides is 1. The van der Waals surface area contributed by atoms with E-state index in [1.165, 1.54) is 59.3 Å². The van der Waals surface area contributed by atoms with Gasteiger partial charge >= 0.3 is 0 Å². The Bertz CT molecular complexity index is 1170. The molecule has 0 unspecified atom stereocenters. The highest BCUT2D eigenvalue weighted by Gasteiger charge is 2.17. The van der Waals surface area contributed by atoms with Gasteiger partial charge in [0.15, 0.2) is 0 Å². The maximum Gasteiger partial charge on any atom is 0.228 e. The van der Waals surface area contributed by atoms with Crippen LogP contribution < -0.4 is 5.32 Å². The van der Waals surface area contributed by atoms with Crippen LogP contribution in [0.1, 0.15) is 41.5 Å². The highest BCUT2D eigenvalue weighted by Crippen LogP contribution is 2.28. The molecule has 3 heteroatoms. The number of carbonyl (C=O) groups is 1. The van der Waals surface area contributed by atoms with Gasteiger partial charge in [-0.2, -0.15) is 0 Å². The van der Waals surface area contributed by atoms with Crippen LogP contribution in [0, 0.1) is 6.92 Å². The Morgan fingerprint density at radius 2 is 1.73 bits per heavy atom. The Labute approximate surface area is 197 Å². The molecular weight excluding hydrogens is 404 g/mol. The third-order valence-electron chi connectivity index (χ3n) is 6.90. The fourth-order valence-corrected chi connectivity index (χ4v) is 5.07. The minimum absolute atomic E-state index is 0.0275. The van der Waals surface area contributed by atoms with E-state index >= 15 is 0 Å². The van der Waals surface area contributed by atoms with Crippen molar-refractivity contribution in [1.29, 1.82) is 0 Å². The summed E-state index contributed by atoms with van der Waals surface area (Å²) in [6.45, 7) is 5.72. The van der Waals surface area contributed by atoms with E-state index in [0.717, 1.165) is 30.6 Å². The summed E-state index contributed by atoms with van der Waals surface area (Å²) >= 11 is 0. The Morgan fingerprint density at radius 1 is 0.939 bits per heavy atom. The van der Waals surface area contributed by atoms with Crippen molar-refractivity contribution in [2.75, 3.05) is 25.0 Å². The first-order chi connectivity index (χ1) is 16.1. The zero-order chi connectivity index (χ0) is 22.6. The van der Waals surface area contributed by atoms with Crippen LogP contribution in [-0.4, -0.2) is 30.4 Å². The lowest BCUT2D eigenvalue weighted by Crippen LogP contribution is -2.23. The van der Waals surface area contributed by atoms with E-state index in [9.17, 15) is 4.79 Å². The lowest BCUT2D eigenvalue weighted by Gasteiger charge is -2.22. The van der Waals surface area contributed by atoms with Gasteiger partial charge in [0.05, 0.1) is 6.42 Å². The maximum absolute atomic E-state index is 12.7. The maximum atomic E-state index is 12.7. The van der Waals surface area contributed by atoms with Crippen molar-refractivity contribution in [2.24, 2.45) is 0 Å². The second kappa shape index (κ2) is 9.76. The predicted octanol–water partition coefficient (Wildman–Crippen LogP) is 6.27. The molecule has 168 valence electrons. The van der Waals surface area contributed by atoms with Crippen LogP contribution >= 0.6 is 0 Å². The van der Waals surface area contributed by atoms with Crippen LogP contribution in [0.2, 0.25) is 0 Å². The summed E-state index contributed by atoms with van der Waals surface area (Å²) in [4.78, 5) is 15.2. The van der Waals surface area contributed by atoms with Crippen molar-refractivity contribution in [3.8, 4) is 11.1 Å². The summed E-state index contributed by atoms with van der Waals surface area (Å²) in [6, 6.07) is 23.1. The minimum Gasteiger partial charge on any atom is -0.326 e. The van der Waals surface area contributed by atoms with Crippen molar-refractivity contribution in [2.45, 2.75) is 39.0 Å². The summed E-state index contributed by atoms with van der Waals surface area (Å²) in [5.41, 5.74) is 9.78. The first-order valence-corrected chi connectivity index (χ1v) is 12.1. The fraction of sp³-hybridized carbons (Fsp3) is 0.300. The van der Waals surface area contributed by atoms with Crippen molar-refractivity contribution in [1.82, 2.24) is 4.90 Å². The van der Waals surface area contributed by atoms with E-state index < -0.39 is 0 Å². The summed E-state index contributed by atoms with van der Waals surface area (Å²) in [5, 5.41) is 3.10. The second-order valence-corrected chi connectivity index (χ2v) is 9.44. The van der Waals surface area contributed by atoms with E-state index in [0.29, 0.717) is 6.42 Å². The van der Waals surface area contributed by atoms with Crippen LogP contribution in [0.25, 0.3) is 17.2 Å². The van der Waals surface area contributed by atoms with Gasteiger partial charge in [0.1, 0.15) is 0 Å². The van der Waals surface area contributed by atoms with Crippen molar-refractivity contribution < 1.29 is 4.79 Å². The Balaban J connectivity index is 1.20.